The van der Waals surface area contributed by atoms with Gasteiger partial charge in [0.1, 0.15) is 5.83 Å². The lowest BCUT2D eigenvalue weighted by atomic mass is 10.2. The maximum Gasteiger partial charge on any atom is 0.122 e. The highest BCUT2D eigenvalue weighted by Crippen LogP contribution is 2.07. The molecule has 0 bridgehead atoms. The number of hydrogen-bond donors (Lipinski definition) is 0. The van der Waals surface area contributed by atoms with E-state index in [0.717, 1.165) is 12.0 Å². The zero-order chi connectivity index (χ0) is 9.98. The Morgan fingerprint density at radius 3 is 2.17 bits per heavy atom. The fourth-order valence-electron chi connectivity index (χ4n) is 0.626. The van der Waals surface area contributed by atoms with Crippen molar-refractivity contribution >= 4 is 0 Å². The molecule has 0 aromatic carbocycles. The van der Waals surface area contributed by atoms with E-state index in [1.54, 1.807) is 0 Å². The van der Waals surface area contributed by atoms with E-state index in [-0.39, 0.29) is 5.83 Å². The van der Waals surface area contributed by atoms with E-state index in [2.05, 4.69) is 6.58 Å². The van der Waals surface area contributed by atoms with E-state index in [9.17, 15) is 4.39 Å². The molecule has 70 valence electrons. The average molecular weight is 170 g/mol. The van der Waals surface area contributed by atoms with Gasteiger partial charge >= 0.3 is 0 Å². The Bertz CT molecular complexity index is 164. The lowest BCUT2D eigenvalue weighted by Crippen LogP contribution is -1.74. The van der Waals surface area contributed by atoms with Gasteiger partial charge in [-0.05, 0) is 31.1 Å². The Balaban J connectivity index is 0. The molecule has 12 heavy (non-hydrogen) atoms. The first-order valence-electron chi connectivity index (χ1n) is 4.39. The van der Waals surface area contributed by atoms with Crippen LogP contribution in [0.25, 0.3) is 0 Å². The minimum atomic E-state index is -0.269. The zero-order valence-corrected chi connectivity index (χ0v) is 8.52. The van der Waals surface area contributed by atoms with Gasteiger partial charge in [0.2, 0.25) is 0 Å². The van der Waals surface area contributed by atoms with Gasteiger partial charge in [0.25, 0.3) is 0 Å². The van der Waals surface area contributed by atoms with Crippen LogP contribution in [0.3, 0.4) is 0 Å². The van der Waals surface area contributed by atoms with E-state index >= 15 is 0 Å². The smallest absolute Gasteiger partial charge is 0.122 e. The first-order valence-corrected chi connectivity index (χ1v) is 4.39. The summed E-state index contributed by atoms with van der Waals surface area (Å²) in [7, 11) is 0. The fraction of sp³-hybridized carbons (Fsp3) is 0.455. The Hall–Kier alpha value is -0.850. The van der Waals surface area contributed by atoms with Crippen molar-refractivity contribution in [1.82, 2.24) is 0 Å². The highest BCUT2D eigenvalue weighted by Gasteiger charge is 1.88. The molecule has 1 heteroatoms. The second-order valence-corrected chi connectivity index (χ2v) is 1.95. The third-order valence-electron chi connectivity index (χ3n) is 1.30. The van der Waals surface area contributed by atoms with Crippen LogP contribution in [-0.4, -0.2) is 0 Å². The molecular formula is C11H19F. The van der Waals surface area contributed by atoms with Crippen molar-refractivity contribution in [3.8, 4) is 0 Å². The summed E-state index contributed by atoms with van der Waals surface area (Å²) in [6.07, 6.45) is 5.45. The predicted octanol–water partition coefficient (Wildman–Crippen LogP) is 4.41. The minimum Gasteiger partial charge on any atom is -0.207 e. The molecule has 0 radical (unpaired) electrons. The monoisotopic (exact) mass is 170 g/mol. The van der Waals surface area contributed by atoms with Crippen molar-refractivity contribution < 1.29 is 4.39 Å². The van der Waals surface area contributed by atoms with Crippen molar-refractivity contribution in [2.75, 3.05) is 0 Å². The molecule has 0 aliphatic rings. The molecular weight excluding hydrogens is 151 g/mol. The van der Waals surface area contributed by atoms with Gasteiger partial charge in [0, 0.05) is 0 Å². The minimum absolute atomic E-state index is 0.269. The Kier molecular flexibility index (Phi) is 11.6. The van der Waals surface area contributed by atoms with Gasteiger partial charge in [0.15, 0.2) is 0 Å². The maximum absolute atomic E-state index is 12.5. The van der Waals surface area contributed by atoms with Crippen LogP contribution < -0.4 is 0 Å². The summed E-state index contributed by atoms with van der Waals surface area (Å²) in [4.78, 5) is 0. The molecule has 0 saturated carbocycles. The highest BCUT2D eigenvalue weighted by atomic mass is 19.1. The van der Waals surface area contributed by atoms with Crippen molar-refractivity contribution in [1.29, 1.82) is 0 Å². The zero-order valence-electron chi connectivity index (χ0n) is 8.52. The second-order valence-electron chi connectivity index (χ2n) is 1.95. The Morgan fingerprint density at radius 1 is 1.42 bits per heavy atom. The quantitative estimate of drug-likeness (QED) is 0.550. The van der Waals surface area contributed by atoms with Gasteiger partial charge in [-0.1, -0.05) is 33.4 Å². The maximum atomic E-state index is 12.5. The molecule has 0 aliphatic carbocycles. The van der Waals surface area contributed by atoms with Gasteiger partial charge in [-0.2, -0.15) is 0 Å². The molecule has 0 spiro atoms. The summed E-state index contributed by atoms with van der Waals surface area (Å²) in [6, 6.07) is 0. The number of allylic oxidation sites excluding steroid dienone is 5. The van der Waals surface area contributed by atoms with Gasteiger partial charge in [-0.15, -0.1) is 0 Å². The third kappa shape index (κ3) is 7.26. The summed E-state index contributed by atoms with van der Waals surface area (Å²) >= 11 is 0. The molecule has 0 aromatic rings. The normalized spacial score (nSPS) is 11.8. The molecule has 0 saturated heterocycles. The summed E-state index contributed by atoms with van der Waals surface area (Å²) in [5.74, 6) is -0.269. The van der Waals surface area contributed by atoms with Crippen LogP contribution in [0.2, 0.25) is 0 Å². The van der Waals surface area contributed by atoms with Crippen LogP contribution in [-0.2, 0) is 0 Å². The molecule has 0 unspecified atom stereocenters. The van der Waals surface area contributed by atoms with Crippen LogP contribution in [0.5, 0.6) is 0 Å². The third-order valence-corrected chi connectivity index (χ3v) is 1.30. The SMILES string of the molecule is C=C/C(F)=C\C(=C/C)CC.CC. The van der Waals surface area contributed by atoms with Gasteiger partial charge < -0.3 is 0 Å². The predicted molar refractivity (Wildman–Crippen MR) is 54.8 cm³/mol. The molecule has 0 fully saturated rings. The van der Waals surface area contributed by atoms with E-state index in [4.69, 9.17) is 0 Å². The van der Waals surface area contributed by atoms with Gasteiger partial charge in [0.05, 0.1) is 0 Å². The topological polar surface area (TPSA) is 0 Å². The number of rotatable bonds is 3. The van der Waals surface area contributed by atoms with E-state index in [1.807, 2.05) is 33.8 Å². The number of halogens is 1. The Labute approximate surface area is 75.5 Å². The van der Waals surface area contributed by atoms with Crippen molar-refractivity contribution in [3.05, 3.63) is 36.2 Å². The van der Waals surface area contributed by atoms with E-state index in [1.165, 1.54) is 12.2 Å². The number of hydrogen-bond acceptors (Lipinski definition) is 0. The Morgan fingerprint density at radius 2 is 1.92 bits per heavy atom. The fourth-order valence-corrected chi connectivity index (χ4v) is 0.626. The van der Waals surface area contributed by atoms with E-state index in [0.29, 0.717) is 0 Å². The second kappa shape index (κ2) is 10.2. The molecule has 0 aromatic heterocycles. The molecule has 0 nitrogen and oxygen atoms in total. The van der Waals surface area contributed by atoms with Crippen LogP contribution in [0.1, 0.15) is 34.1 Å². The average Bonchev–Trinajstić information content (AvgIpc) is 2.16. The van der Waals surface area contributed by atoms with Crippen molar-refractivity contribution in [2.24, 2.45) is 0 Å². The highest BCUT2D eigenvalue weighted by molar-refractivity contribution is 5.24. The van der Waals surface area contributed by atoms with Crippen LogP contribution in [0, 0.1) is 0 Å². The summed E-state index contributed by atoms with van der Waals surface area (Å²) in [5, 5.41) is 0. The van der Waals surface area contributed by atoms with Crippen LogP contribution in [0.4, 0.5) is 4.39 Å². The lowest BCUT2D eigenvalue weighted by molar-refractivity contribution is 0.665. The molecule has 0 atom stereocenters. The van der Waals surface area contributed by atoms with Gasteiger partial charge in [-0.3, -0.25) is 0 Å². The first-order chi connectivity index (χ1) is 5.74. The summed E-state index contributed by atoms with van der Waals surface area (Å²) < 4.78 is 12.5. The van der Waals surface area contributed by atoms with Gasteiger partial charge in [-0.25, -0.2) is 4.39 Å². The molecule has 0 N–H and O–H groups in total. The molecule has 0 amide bonds. The molecule has 0 aliphatic heterocycles. The molecule has 0 rings (SSSR count). The van der Waals surface area contributed by atoms with Crippen molar-refractivity contribution in [3.63, 3.8) is 0 Å². The van der Waals surface area contributed by atoms with Crippen LogP contribution >= 0.6 is 0 Å². The van der Waals surface area contributed by atoms with Crippen LogP contribution in [0.15, 0.2) is 36.2 Å². The lowest BCUT2D eigenvalue weighted by Gasteiger charge is -1.93. The largest absolute Gasteiger partial charge is 0.207 e. The summed E-state index contributed by atoms with van der Waals surface area (Å²) in [6.45, 7) is 11.2. The van der Waals surface area contributed by atoms with E-state index < -0.39 is 0 Å². The van der Waals surface area contributed by atoms with Crippen molar-refractivity contribution in [2.45, 2.75) is 34.1 Å². The summed E-state index contributed by atoms with van der Waals surface area (Å²) in [5.41, 5.74) is 0.998. The first kappa shape index (κ1) is 13.7. The standard InChI is InChI=1S/C9H13F.C2H6/c1-4-8(5-2)7-9(10)6-3;1-2/h4,6-7H,3,5H2,1-2H3;1-2H3/b8-4-,9-7+;. The molecule has 0 heterocycles.